The lowest BCUT2D eigenvalue weighted by Gasteiger charge is -2.34. The lowest BCUT2D eigenvalue weighted by molar-refractivity contribution is 0.107. The summed E-state index contributed by atoms with van der Waals surface area (Å²) in [5.74, 6) is -0.365. The maximum Gasteiger partial charge on any atom is 0.404 e. The Morgan fingerprint density at radius 1 is 1.33 bits per heavy atom. The fourth-order valence-corrected chi connectivity index (χ4v) is 5.55. The van der Waals surface area contributed by atoms with Crippen molar-refractivity contribution in [3.05, 3.63) is 17.2 Å². The summed E-state index contributed by atoms with van der Waals surface area (Å²) < 4.78 is 34.9. The fourth-order valence-electron chi connectivity index (χ4n) is 5.41. The molecule has 5 rings (SSSR count). The first-order valence-corrected chi connectivity index (χ1v) is 11.5. The SMILES string of the molecule is O=C(O)N[C@H]1CCCN(c2nc(OC[C@@]34CCCN3C[C@H](F)C4)nc3c(F)c(Cl)ncc23)C1. The van der Waals surface area contributed by atoms with E-state index in [9.17, 15) is 13.6 Å². The Balaban J connectivity index is 1.47. The van der Waals surface area contributed by atoms with Crippen LogP contribution in [0.1, 0.15) is 32.1 Å². The van der Waals surface area contributed by atoms with Crippen molar-refractivity contribution in [2.75, 3.05) is 37.7 Å². The number of anilines is 1. The number of halogens is 3. The van der Waals surface area contributed by atoms with Gasteiger partial charge >= 0.3 is 12.1 Å². The van der Waals surface area contributed by atoms with E-state index in [4.69, 9.17) is 21.4 Å². The Morgan fingerprint density at radius 2 is 2.18 bits per heavy atom. The monoisotopic (exact) mass is 482 g/mol. The minimum atomic E-state index is -1.10. The number of rotatable bonds is 5. The van der Waals surface area contributed by atoms with Crippen LogP contribution in [0.25, 0.3) is 10.9 Å². The number of ether oxygens (including phenoxy) is 1. The van der Waals surface area contributed by atoms with Crippen LogP contribution in [0.4, 0.5) is 19.4 Å². The number of hydrogen-bond donors (Lipinski definition) is 2. The van der Waals surface area contributed by atoms with Crippen molar-refractivity contribution >= 4 is 34.4 Å². The topological polar surface area (TPSA) is 104 Å². The number of amides is 1. The molecule has 12 heteroatoms. The third-order valence-corrected chi connectivity index (χ3v) is 7.14. The van der Waals surface area contributed by atoms with Crippen LogP contribution < -0.4 is 15.0 Å². The molecule has 178 valence electrons. The summed E-state index contributed by atoms with van der Waals surface area (Å²) >= 11 is 5.90. The molecule has 0 unspecified atom stereocenters. The van der Waals surface area contributed by atoms with Crippen LogP contribution in [0.2, 0.25) is 5.15 Å². The largest absolute Gasteiger partial charge is 0.465 e. The quantitative estimate of drug-likeness (QED) is 0.627. The molecule has 3 aliphatic heterocycles. The van der Waals surface area contributed by atoms with E-state index in [0.29, 0.717) is 43.7 Å². The molecule has 2 N–H and O–H groups in total. The van der Waals surface area contributed by atoms with Gasteiger partial charge in [0.25, 0.3) is 0 Å². The predicted octanol–water partition coefficient (Wildman–Crippen LogP) is 3.01. The first-order chi connectivity index (χ1) is 15.8. The van der Waals surface area contributed by atoms with Gasteiger partial charge in [-0.05, 0) is 32.2 Å². The molecular formula is C21H25ClF2N6O3. The minimum Gasteiger partial charge on any atom is -0.465 e. The van der Waals surface area contributed by atoms with E-state index in [1.54, 1.807) is 0 Å². The number of nitrogens with one attached hydrogen (secondary N) is 1. The van der Waals surface area contributed by atoms with Crippen molar-refractivity contribution in [2.24, 2.45) is 0 Å². The summed E-state index contributed by atoms with van der Waals surface area (Å²) in [6.07, 6.45) is 3.04. The third-order valence-electron chi connectivity index (χ3n) is 6.88. The van der Waals surface area contributed by atoms with Gasteiger partial charge in [0.2, 0.25) is 0 Å². The van der Waals surface area contributed by atoms with E-state index in [1.807, 2.05) is 4.90 Å². The summed E-state index contributed by atoms with van der Waals surface area (Å²) in [4.78, 5) is 27.8. The average molecular weight is 483 g/mol. The maximum atomic E-state index is 14.9. The molecule has 33 heavy (non-hydrogen) atoms. The molecule has 5 heterocycles. The second kappa shape index (κ2) is 8.68. The summed E-state index contributed by atoms with van der Waals surface area (Å²) in [6.45, 7) is 2.41. The Bertz CT molecular complexity index is 1080. The summed E-state index contributed by atoms with van der Waals surface area (Å²) in [5, 5.41) is 11.7. The van der Waals surface area contributed by atoms with Crippen LogP contribution in [0.5, 0.6) is 6.01 Å². The van der Waals surface area contributed by atoms with Crippen LogP contribution in [0, 0.1) is 5.82 Å². The van der Waals surface area contributed by atoms with Gasteiger partial charge in [-0.1, -0.05) is 11.6 Å². The number of carboxylic acid groups (broad SMARTS) is 1. The molecule has 3 aliphatic rings. The van der Waals surface area contributed by atoms with E-state index in [1.165, 1.54) is 6.20 Å². The first-order valence-electron chi connectivity index (χ1n) is 11.1. The normalized spacial score (nSPS) is 27.7. The van der Waals surface area contributed by atoms with Gasteiger partial charge in [0, 0.05) is 38.3 Å². The van der Waals surface area contributed by atoms with Gasteiger partial charge < -0.3 is 20.1 Å². The molecule has 0 radical (unpaired) electrons. The number of hydrogen-bond acceptors (Lipinski definition) is 7. The molecule has 3 saturated heterocycles. The molecule has 0 bridgehead atoms. The highest BCUT2D eigenvalue weighted by molar-refractivity contribution is 6.30. The number of aromatic nitrogens is 3. The molecule has 3 atom stereocenters. The Hall–Kier alpha value is -2.53. The number of carbonyl (C=O) groups is 1. The third kappa shape index (κ3) is 4.23. The lowest BCUT2D eigenvalue weighted by Crippen LogP contribution is -2.47. The van der Waals surface area contributed by atoms with Gasteiger partial charge in [-0.15, -0.1) is 0 Å². The Morgan fingerprint density at radius 3 is 3.00 bits per heavy atom. The minimum absolute atomic E-state index is 0.0149. The van der Waals surface area contributed by atoms with Crippen LogP contribution in [0.3, 0.4) is 0 Å². The van der Waals surface area contributed by atoms with Crippen molar-refractivity contribution < 1.29 is 23.4 Å². The summed E-state index contributed by atoms with van der Waals surface area (Å²) in [6, 6.07) is -0.308. The highest BCUT2D eigenvalue weighted by Gasteiger charge is 2.49. The van der Waals surface area contributed by atoms with Crippen LogP contribution in [0.15, 0.2) is 6.20 Å². The lowest BCUT2D eigenvalue weighted by atomic mass is 9.95. The van der Waals surface area contributed by atoms with Crippen molar-refractivity contribution in [1.82, 2.24) is 25.2 Å². The number of alkyl halides is 1. The highest BCUT2D eigenvalue weighted by Crippen LogP contribution is 2.40. The average Bonchev–Trinajstić information content (AvgIpc) is 3.30. The van der Waals surface area contributed by atoms with Crippen molar-refractivity contribution in [3.63, 3.8) is 0 Å². The second-order valence-electron chi connectivity index (χ2n) is 9.05. The molecule has 0 aliphatic carbocycles. The van der Waals surface area contributed by atoms with Crippen molar-refractivity contribution in [3.8, 4) is 6.01 Å². The maximum absolute atomic E-state index is 14.9. The Kier molecular flexibility index (Phi) is 5.86. The van der Waals surface area contributed by atoms with Gasteiger partial charge in [0.1, 0.15) is 24.1 Å². The second-order valence-corrected chi connectivity index (χ2v) is 9.41. The zero-order valence-electron chi connectivity index (χ0n) is 17.9. The van der Waals surface area contributed by atoms with Crippen LogP contribution in [-0.4, -0.2) is 81.6 Å². The smallest absolute Gasteiger partial charge is 0.404 e. The van der Waals surface area contributed by atoms with Crippen LogP contribution >= 0.6 is 11.6 Å². The van der Waals surface area contributed by atoms with Crippen molar-refractivity contribution in [1.29, 1.82) is 0 Å². The predicted molar refractivity (Wildman–Crippen MR) is 117 cm³/mol. The molecule has 1 amide bonds. The highest BCUT2D eigenvalue weighted by atomic mass is 35.5. The van der Waals surface area contributed by atoms with Gasteiger partial charge in [0.05, 0.1) is 10.9 Å². The number of fused-ring (bicyclic) bond motifs is 2. The molecule has 0 spiro atoms. The van der Waals surface area contributed by atoms with Gasteiger partial charge in [0.15, 0.2) is 11.0 Å². The first kappa shape index (κ1) is 22.3. The van der Waals surface area contributed by atoms with E-state index >= 15 is 0 Å². The number of pyridine rings is 1. The van der Waals surface area contributed by atoms with Gasteiger partial charge in [-0.3, -0.25) is 4.90 Å². The molecule has 3 fully saturated rings. The van der Waals surface area contributed by atoms with Crippen LogP contribution in [-0.2, 0) is 0 Å². The van der Waals surface area contributed by atoms with E-state index in [-0.39, 0.29) is 29.3 Å². The molecule has 0 saturated carbocycles. The van der Waals surface area contributed by atoms with E-state index in [0.717, 1.165) is 25.8 Å². The summed E-state index contributed by atoms with van der Waals surface area (Å²) in [7, 11) is 0. The standard InChI is InChI=1S/C21H25ClF2N6O3/c22-17-15(24)16-14(8-25-17)18(29-5-1-3-13(10-29)26-20(31)32)28-19(27-16)33-11-21-4-2-6-30(21)9-12(23)7-21/h8,12-13,26H,1-7,9-11H2,(H,31,32)/t12-,13+,21+/m1/s1. The zero-order chi connectivity index (χ0) is 23.2. The number of piperidine rings is 1. The molecular weight excluding hydrogens is 458 g/mol. The zero-order valence-corrected chi connectivity index (χ0v) is 18.7. The Labute approximate surface area is 194 Å². The molecule has 2 aromatic heterocycles. The molecule has 0 aromatic carbocycles. The van der Waals surface area contributed by atoms with Crippen molar-refractivity contribution in [2.45, 2.75) is 49.9 Å². The van der Waals surface area contributed by atoms with E-state index < -0.39 is 23.6 Å². The number of nitrogens with zero attached hydrogens (tertiary/aromatic N) is 5. The molecule has 9 nitrogen and oxygen atoms in total. The van der Waals surface area contributed by atoms with E-state index in [2.05, 4.69) is 25.2 Å². The summed E-state index contributed by atoms with van der Waals surface area (Å²) in [5.41, 5.74) is -0.410. The van der Waals surface area contributed by atoms with Gasteiger partial charge in [-0.2, -0.15) is 9.97 Å². The molecule has 2 aromatic rings. The fraction of sp³-hybridized carbons (Fsp3) is 0.619. The van der Waals surface area contributed by atoms with Gasteiger partial charge in [-0.25, -0.2) is 18.6 Å².